The molecule has 2 aromatic carbocycles. The van der Waals surface area contributed by atoms with Gasteiger partial charge in [-0.2, -0.15) is 0 Å². The van der Waals surface area contributed by atoms with Crippen molar-refractivity contribution >= 4 is 40.7 Å². The van der Waals surface area contributed by atoms with Gasteiger partial charge in [0.15, 0.2) is 5.11 Å². The minimum atomic E-state index is -0.539. The molecule has 0 fully saturated rings. The molecule has 3 rings (SSSR count). The number of nitrogens with one attached hydrogen (secondary N) is 3. The number of carbonyl (C=O) groups is 2. The van der Waals surface area contributed by atoms with E-state index >= 15 is 0 Å². The molecule has 0 spiro atoms. The van der Waals surface area contributed by atoms with Crippen LogP contribution in [0.25, 0.3) is 0 Å². The Morgan fingerprint density at radius 2 is 1.79 bits per heavy atom. The van der Waals surface area contributed by atoms with E-state index in [1.807, 2.05) is 38.7 Å². The van der Waals surface area contributed by atoms with E-state index in [1.165, 1.54) is 18.2 Å². The van der Waals surface area contributed by atoms with Crippen LogP contribution >= 0.6 is 12.2 Å². The lowest BCUT2D eigenvalue weighted by Gasteiger charge is -2.37. The van der Waals surface area contributed by atoms with Crippen LogP contribution in [-0.4, -0.2) is 35.2 Å². The van der Waals surface area contributed by atoms with Crippen molar-refractivity contribution in [2.75, 3.05) is 23.8 Å². The molecule has 0 unspecified atom stereocenters. The number of urea groups is 1. The zero-order valence-electron chi connectivity index (χ0n) is 19.6. The Hall–Kier alpha value is -3.46. The molecular weight excluding hydrogens is 455 g/mol. The van der Waals surface area contributed by atoms with Crippen LogP contribution in [0.2, 0.25) is 0 Å². The van der Waals surface area contributed by atoms with Crippen molar-refractivity contribution in [2.24, 2.45) is 5.92 Å². The number of amides is 2. The molecule has 1 aliphatic heterocycles. The fourth-order valence-electron chi connectivity index (χ4n) is 3.65. The van der Waals surface area contributed by atoms with Crippen LogP contribution in [0, 0.1) is 11.7 Å². The number of ether oxygens (including phenoxy) is 1. The molecule has 3 N–H and O–H groups in total. The van der Waals surface area contributed by atoms with Gasteiger partial charge < -0.3 is 25.6 Å². The zero-order chi connectivity index (χ0) is 24.8. The Morgan fingerprint density at radius 1 is 1.15 bits per heavy atom. The Morgan fingerprint density at radius 3 is 2.41 bits per heavy atom. The second-order valence-electron chi connectivity index (χ2n) is 8.33. The first-order chi connectivity index (χ1) is 16.2. The van der Waals surface area contributed by atoms with Gasteiger partial charge in [-0.15, -0.1) is 0 Å². The van der Waals surface area contributed by atoms with E-state index in [0.29, 0.717) is 35.2 Å². The number of benzene rings is 2. The van der Waals surface area contributed by atoms with Crippen molar-refractivity contribution < 1.29 is 18.7 Å². The molecule has 0 radical (unpaired) electrons. The van der Waals surface area contributed by atoms with Crippen LogP contribution < -0.4 is 16.0 Å². The highest BCUT2D eigenvalue weighted by Crippen LogP contribution is 2.32. The number of allylic oxidation sites excluding steroid dienone is 1. The van der Waals surface area contributed by atoms with E-state index < -0.39 is 23.9 Å². The third kappa shape index (κ3) is 6.11. The summed E-state index contributed by atoms with van der Waals surface area (Å²) in [6, 6.07) is 11.7. The topological polar surface area (TPSA) is 82.7 Å². The van der Waals surface area contributed by atoms with Gasteiger partial charge >= 0.3 is 12.0 Å². The van der Waals surface area contributed by atoms with Crippen LogP contribution in [0.5, 0.6) is 0 Å². The van der Waals surface area contributed by atoms with E-state index in [-0.39, 0.29) is 5.92 Å². The lowest BCUT2D eigenvalue weighted by molar-refractivity contribution is -0.140. The van der Waals surface area contributed by atoms with Gasteiger partial charge in [0.2, 0.25) is 0 Å². The van der Waals surface area contributed by atoms with E-state index in [1.54, 1.807) is 24.3 Å². The average Bonchev–Trinajstić information content (AvgIpc) is 2.77. The number of thiocarbonyl (C=S) groups is 1. The second-order valence-corrected chi connectivity index (χ2v) is 8.72. The third-order valence-corrected chi connectivity index (χ3v) is 5.58. The monoisotopic (exact) mass is 484 g/mol. The van der Waals surface area contributed by atoms with Crippen molar-refractivity contribution in [1.82, 2.24) is 10.2 Å². The summed E-state index contributed by atoms with van der Waals surface area (Å²) in [5.74, 6) is -0.654. The molecular formula is C25H29FN4O3S. The maximum absolute atomic E-state index is 13.4. The molecule has 1 atom stereocenters. The van der Waals surface area contributed by atoms with Crippen molar-refractivity contribution in [3.8, 4) is 0 Å². The molecule has 2 amide bonds. The van der Waals surface area contributed by atoms with Gasteiger partial charge in [-0.05, 0) is 67.9 Å². The standard InChI is InChI=1S/C25H29FN4O3S/c1-5-30-16(4)21(23(31)33-14-15(2)3)22(29-25(30)34)17-8-6-10-19(12-17)27-24(32)28-20-11-7-9-18(26)13-20/h6-13,15,22H,5,14H2,1-4H3,(H,29,34)(H2,27,28,32)/t22-/m1/s1. The summed E-state index contributed by atoms with van der Waals surface area (Å²) in [5.41, 5.74) is 2.77. The summed E-state index contributed by atoms with van der Waals surface area (Å²) < 4.78 is 18.9. The second kappa shape index (κ2) is 11.1. The van der Waals surface area contributed by atoms with Gasteiger partial charge in [-0.1, -0.05) is 32.0 Å². The smallest absolute Gasteiger partial charge is 0.338 e. The fraction of sp³-hybridized carbons (Fsp3) is 0.320. The first kappa shape index (κ1) is 25.2. The number of anilines is 2. The van der Waals surface area contributed by atoms with Crippen LogP contribution in [0.15, 0.2) is 59.8 Å². The number of rotatable bonds is 7. The lowest BCUT2D eigenvalue weighted by Crippen LogP contribution is -2.47. The van der Waals surface area contributed by atoms with Crippen molar-refractivity contribution in [2.45, 2.75) is 33.7 Å². The molecule has 7 nitrogen and oxygen atoms in total. The van der Waals surface area contributed by atoms with Crippen molar-refractivity contribution in [1.29, 1.82) is 0 Å². The summed E-state index contributed by atoms with van der Waals surface area (Å²) in [7, 11) is 0. The summed E-state index contributed by atoms with van der Waals surface area (Å²) in [6.45, 7) is 8.67. The van der Waals surface area contributed by atoms with Crippen LogP contribution in [-0.2, 0) is 9.53 Å². The maximum Gasteiger partial charge on any atom is 0.338 e. The van der Waals surface area contributed by atoms with Crippen molar-refractivity contribution in [3.63, 3.8) is 0 Å². The fourth-order valence-corrected chi connectivity index (χ4v) is 4.04. The minimum Gasteiger partial charge on any atom is -0.462 e. The Labute approximate surface area is 204 Å². The molecule has 0 aromatic heterocycles. The third-order valence-electron chi connectivity index (χ3n) is 5.24. The molecule has 9 heteroatoms. The molecule has 1 heterocycles. The highest BCUT2D eigenvalue weighted by molar-refractivity contribution is 7.80. The van der Waals surface area contributed by atoms with Gasteiger partial charge in [-0.25, -0.2) is 14.0 Å². The van der Waals surface area contributed by atoms with E-state index in [9.17, 15) is 14.0 Å². The number of esters is 1. The normalized spacial score (nSPS) is 15.8. The quantitative estimate of drug-likeness (QED) is 0.370. The van der Waals surface area contributed by atoms with Gasteiger partial charge in [0, 0.05) is 23.6 Å². The number of hydrogen-bond acceptors (Lipinski definition) is 4. The largest absolute Gasteiger partial charge is 0.462 e. The molecule has 0 bridgehead atoms. The molecule has 180 valence electrons. The Kier molecular flexibility index (Phi) is 8.22. The van der Waals surface area contributed by atoms with Gasteiger partial charge in [0.25, 0.3) is 0 Å². The zero-order valence-corrected chi connectivity index (χ0v) is 20.5. The van der Waals surface area contributed by atoms with Crippen LogP contribution in [0.3, 0.4) is 0 Å². The maximum atomic E-state index is 13.4. The summed E-state index contributed by atoms with van der Waals surface area (Å²) in [4.78, 5) is 27.3. The minimum absolute atomic E-state index is 0.201. The summed E-state index contributed by atoms with van der Waals surface area (Å²) in [5, 5.41) is 9.08. The lowest BCUT2D eigenvalue weighted by atomic mass is 9.94. The van der Waals surface area contributed by atoms with Crippen molar-refractivity contribution in [3.05, 3.63) is 71.2 Å². The van der Waals surface area contributed by atoms with Gasteiger partial charge in [-0.3, -0.25) is 0 Å². The van der Waals surface area contributed by atoms with E-state index in [0.717, 1.165) is 11.3 Å². The molecule has 34 heavy (non-hydrogen) atoms. The number of carbonyl (C=O) groups excluding carboxylic acids is 2. The predicted molar refractivity (Wildman–Crippen MR) is 135 cm³/mol. The Balaban J connectivity index is 1.85. The first-order valence-corrected chi connectivity index (χ1v) is 11.5. The highest BCUT2D eigenvalue weighted by atomic mass is 32.1. The van der Waals surface area contributed by atoms with Crippen LogP contribution in [0.4, 0.5) is 20.6 Å². The SMILES string of the molecule is CCN1C(=S)N[C@H](c2cccc(NC(=O)Nc3cccc(F)c3)c2)C(C(=O)OCC(C)C)=C1C. The summed E-state index contributed by atoms with van der Waals surface area (Å²) in [6.07, 6.45) is 0. The van der Waals surface area contributed by atoms with Crippen LogP contribution in [0.1, 0.15) is 39.3 Å². The average molecular weight is 485 g/mol. The number of nitrogens with zero attached hydrogens (tertiary/aromatic N) is 1. The van der Waals surface area contributed by atoms with E-state index in [2.05, 4.69) is 16.0 Å². The highest BCUT2D eigenvalue weighted by Gasteiger charge is 2.34. The molecule has 0 saturated carbocycles. The number of halogens is 1. The first-order valence-electron chi connectivity index (χ1n) is 11.1. The number of hydrogen-bond donors (Lipinski definition) is 3. The summed E-state index contributed by atoms with van der Waals surface area (Å²) >= 11 is 5.53. The predicted octanol–water partition coefficient (Wildman–Crippen LogP) is 5.19. The molecule has 2 aromatic rings. The molecule has 1 aliphatic rings. The molecule has 0 saturated heterocycles. The Bertz CT molecular complexity index is 1120. The van der Waals surface area contributed by atoms with Gasteiger partial charge in [0.05, 0.1) is 18.2 Å². The molecule has 0 aliphatic carbocycles. The van der Waals surface area contributed by atoms with Gasteiger partial charge in [0.1, 0.15) is 5.82 Å². The van der Waals surface area contributed by atoms with E-state index in [4.69, 9.17) is 17.0 Å².